The summed E-state index contributed by atoms with van der Waals surface area (Å²) in [6.45, 7) is 0.894. The van der Waals surface area contributed by atoms with E-state index in [1.165, 1.54) is 50.7 Å². The highest BCUT2D eigenvalue weighted by Crippen LogP contribution is 2.59. The molecule has 1 aromatic carbocycles. The molecule has 4 fully saturated rings. The standard InChI is InChI=1S/C23H26N2O5/c26-22(24-14-23-10-15-7-16(11-23)9-17(8-15)12-23)21-6-5-20(30-21)13-29-19-3-1-18(2-4-19)25(27)28/h1-6,15-17H,7-14H2,(H,24,26). The van der Waals surface area contributed by atoms with Crippen molar-refractivity contribution in [1.82, 2.24) is 5.32 Å². The molecule has 0 radical (unpaired) electrons. The molecule has 4 aliphatic carbocycles. The van der Waals surface area contributed by atoms with Gasteiger partial charge in [-0.3, -0.25) is 14.9 Å². The number of carbonyl (C=O) groups excluding carboxylic acids is 1. The zero-order chi connectivity index (χ0) is 20.7. The third-order valence-corrected chi connectivity index (χ3v) is 7.10. The van der Waals surface area contributed by atoms with E-state index in [2.05, 4.69) is 5.32 Å². The van der Waals surface area contributed by atoms with Crippen LogP contribution in [0.15, 0.2) is 40.8 Å². The van der Waals surface area contributed by atoms with E-state index in [0.29, 0.717) is 22.7 Å². The molecule has 0 unspecified atom stereocenters. The quantitative estimate of drug-likeness (QED) is 0.527. The number of nitro benzene ring substituents is 1. The van der Waals surface area contributed by atoms with Crippen LogP contribution in [0.4, 0.5) is 5.69 Å². The van der Waals surface area contributed by atoms with Gasteiger partial charge in [0.1, 0.15) is 18.1 Å². The molecule has 30 heavy (non-hydrogen) atoms. The summed E-state index contributed by atoms with van der Waals surface area (Å²) in [6, 6.07) is 9.26. The molecule has 0 saturated heterocycles. The maximum Gasteiger partial charge on any atom is 0.287 e. The van der Waals surface area contributed by atoms with Gasteiger partial charge >= 0.3 is 0 Å². The SMILES string of the molecule is O=C(NCC12CC3CC(CC(C3)C1)C2)c1ccc(COc2ccc([N+](=O)[O-])cc2)o1. The summed E-state index contributed by atoms with van der Waals surface area (Å²) in [5.41, 5.74) is 0.303. The lowest BCUT2D eigenvalue weighted by atomic mass is 9.49. The highest BCUT2D eigenvalue weighted by atomic mass is 16.6. The summed E-state index contributed by atoms with van der Waals surface area (Å²) in [5.74, 6) is 3.74. The summed E-state index contributed by atoms with van der Waals surface area (Å²) < 4.78 is 11.3. The minimum atomic E-state index is -0.454. The van der Waals surface area contributed by atoms with Crippen molar-refractivity contribution < 1.29 is 18.9 Å². The lowest BCUT2D eigenvalue weighted by Gasteiger charge is -2.56. The number of rotatable bonds is 7. The van der Waals surface area contributed by atoms with Crippen LogP contribution in [0.1, 0.15) is 54.8 Å². The van der Waals surface area contributed by atoms with Crippen LogP contribution >= 0.6 is 0 Å². The van der Waals surface area contributed by atoms with Crippen molar-refractivity contribution in [2.24, 2.45) is 23.2 Å². The Balaban J connectivity index is 1.14. The fraction of sp³-hybridized carbons (Fsp3) is 0.522. The van der Waals surface area contributed by atoms with Crippen molar-refractivity contribution in [3.63, 3.8) is 0 Å². The number of furan rings is 1. The normalized spacial score (nSPS) is 29.0. The van der Waals surface area contributed by atoms with Gasteiger partial charge in [-0.25, -0.2) is 0 Å². The molecule has 4 bridgehead atoms. The van der Waals surface area contributed by atoms with Gasteiger partial charge in [0.15, 0.2) is 5.76 Å². The maximum absolute atomic E-state index is 12.6. The molecule has 0 aliphatic heterocycles. The maximum atomic E-state index is 12.6. The van der Waals surface area contributed by atoms with Crippen LogP contribution in [-0.2, 0) is 6.61 Å². The van der Waals surface area contributed by atoms with E-state index in [1.807, 2.05) is 0 Å². The van der Waals surface area contributed by atoms with Crippen LogP contribution in [0.3, 0.4) is 0 Å². The number of nitrogens with one attached hydrogen (secondary N) is 1. The molecule has 0 atom stereocenters. The first-order valence-corrected chi connectivity index (χ1v) is 10.7. The van der Waals surface area contributed by atoms with Gasteiger partial charge in [-0.2, -0.15) is 0 Å². The minimum absolute atomic E-state index is 0.0123. The first kappa shape index (κ1) is 19.2. The summed E-state index contributed by atoms with van der Waals surface area (Å²) in [4.78, 5) is 22.9. The largest absolute Gasteiger partial charge is 0.486 e. The van der Waals surface area contributed by atoms with E-state index in [-0.39, 0.29) is 18.2 Å². The van der Waals surface area contributed by atoms with Crippen molar-refractivity contribution >= 4 is 11.6 Å². The van der Waals surface area contributed by atoms with Gasteiger partial charge < -0.3 is 14.5 Å². The van der Waals surface area contributed by atoms with Crippen molar-refractivity contribution in [3.05, 3.63) is 58.0 Å². The zero-order valence-electron chi connectivity index (χ0n) is 16.8. The summed E-state index contributed by atoms with van der Waals surface area (Å²) in [5, 5.41) is 13.8. The Bertz CT molecular complexity index is 913. The number of benzene rings is 1. The Morgan fingerprint density at radius 2 is 1.70 bits per heavy atom. The van der Waals surface area contributed by atoms with E-state index in [9.17, 15) is 14.9 Å². The van der Waals surface area contributed by atoms with Crippen molar-refractivity contribution in [2.75, 3.05) is 6.54 Å². The summed E-state index contributed by atoms with van der Waals surface area (Å²) in [7, 11) is 0. The Morgan fingerprint density at radius 1 is 1.07 bits per heavy atom. The lowest BCUT2D eigenvalue weighted by Crippen LogP contribution is -2.51. The molecule has 6 rings (SSSR count). The molecule has 1 amide bonds. The predicted octanol–water partition coefficient (Wildman–Crippen LogP) is 4.71. The Labute approximate surface area is 174 Å². The zero-order valence-corrected chi connectivity index (χ0v) is 16.8. The fourth-order valence-electron chi connectivity index (χ4n) is 6.26. The minimum Gasteiger partial charge on any atom is -0.486 e. The van der Waals surface area contributed by atoms with E-state index < -0.39 is 4.92 Å². The van der Waals surface area contributed by atoms with Crippen LogP contribution in [-0.4, -0.2) is 17.4 Å². The molecular weight excluding hydrogens is 384 g/mol. The number of nitrogens with zero attached hydrogens (tertiary/aromatic N) is 1. The second-order valence-electron chi connectivity index (χ2n) is 9.41. The predicted molar refractivity (Wildman–Crippen MR) is 109 cm³/mol. The summed E-state index contributed by atoms with van der Waals surface area (Å²) in [6.07, 6.45) is 7.94. The third kappa shape index (κ3) is 3.80. The van der Waals surface area contributed by atoms with E-state index >= 15 is 0 Å². The topological polar surface area (TPSA) is 94.6 Å². The Kier molecular flexibility index (Phi) is 4.76. The van der Waals surface area contributed by atoms with Gasteiger partial charge in [0.05, 0.1) is 4.92 Å². The van der Waals surface area contributed by atoms with E-state index in [0.717, 1.165) is 24.3 Å². The first-order valence-electron chi connectivity index (χ1n) is 10.7. The van der Waals surface area contributed by atoms with Gasteiger partial charge in [0.2, 0.25) is 0 Å². The third-order valence-electron chi connectivity index (χ3n) is 7.10. The number of hydrogen-bond donors (Lipinski definition) is 1. The van der Waals surface area contributed by atoms with E-state index in [4.69, 9.17) is 9.15 Å². The molecule has 7 heteroatoms. The van der Waals surface area contributed by atoms with Crippen LogP contribution in [0.5, 0.6) is 5.75 Å². The van der Waals surface area contributed by atoms with Gasteiger partial charge in [0, 0.05) is 18.7 Å². The average Bonchev–Trinajstić information content (AvgIpc) is 3.19. The molecule has 4 aliphatic rings. The van der Waals surface area contributed by atoms with Gasteiger partial charge in [-0.15, -0.1) is 0 Å². The summed E-state index contributed by atoms with van der Waals surface area (Å²) >= 11 is 0. The monoisotopic (exact) mass is 410 g/mol. The van der Waals surface area contributed by atoms with Gasteiger partial charge in [0.25, 0.3) is 11.6 Å². The molecule has 1 N–H and O–H groups in total. The average molecular weight is 410 g/mol. The Morgan fingerprint density at radius 3 is 2.30 bits per heavy atom. The van der Waals surface area contributed by atoms with E-state index in [1.54, 1.807) is 24.3 Å². The number of carbonyl (C=O) groups is 1. The number of non-ortho nitro benzene ring substituents is 1. The highest BCUT2D eigenvalue weighted by molar-refractivity contribution is 5.91. The molecule has 0 spiro atoms. The van der Waals surface area contributed by atoms with Crippen LogP contribution in [0.2, 0.25) is 0 Å². The van der Waals surface area contributed by atoms with Crippen molar-refractivity contribution in [2.45, 2.75) is 45.1 Å². The smallest absolute Gasteiger partial charge is 0.287 e. The number of ether oxygens (including phenoxy) is 1. The number of nitro groups is 1. The van der Waals surface area contributed by atoms with Gasteiger partial charge in [-0.1, -0.05) is 0 Å². The lowest BCUT2D eigenvalue weighted by molar-refractivity contribution is -0.384. The van der Waals surface area contributed by atoms with Crippen LogP contribution < -0.4 is 10.1 Å². The first-order chi connectivity index (χ1) is 14.5. The van der Waals surface area contributed by atoms with Crippen LogP contribution in [0.25, 0.3) is 0 Å². The second-order valence-corrected chi connectivity index (χ2v) is 9.41. The van der Waals surface area contributed by atoms with Crippen LogP contribution in [0, 0.1) is 33.3 Å². The van der Waals surface area contributed by atoms with Gasteiger partial charge in [-0.05, 0) is 86.0 Å². The Hall–Kier alpha value is -2.83. The molecule has 2 aromatic rings. The molecular formula is C23H26N2O5. The van der Waals surface area contributed by atoms with Crippen molar-refractivity contribution in [1.29, 1.82) is 0 Å². The second kappa shape index (κ2) is 7.45. The fourth-order valence-corrected chi connectivity index (χ4v) is 6.26. The molecule has 7 nitrogen and oxygen atoms in total. The molecule has 4 saturated carbocycles. The molecule has 158 valence electrons. The number of hydrogen-bond acceptors (Lipinski definition) is 5. The highest BCUT2D eigenvalue weighted by Gasteiger charge is 2.50. The van der Waals surface area contributed by atoms with Crippen molar-refractivity contribution in [3.8, 4) is 5.75 Å². The molecule has 1 heterocycles. The number of amides is 1. The molecule has 1 aromatic heterocycles.